The third kappa shape index (κ3) is 4.47. The third-order valence-electron chi connectivity index (χ3n) is 3.53. The van der Waals surface area contributed by atoms with Crippen LogP contribution >= 0.6 is 12.4 Å². The minimum absolute atomic E-state index is 0. The Balaban J connectivity index is 0.00000256. The Bertz CT molecular complexity index is 233. The minimum Gasteiger partial charge on any atom is -0.339 e. The van der Waals surface area contributed by atoms with Gasteiger partial charge in [0.2, 0.25) is 5.91 Å². The molecule has 2 unspecified atom stereocenters. The lowest BCUT2D eigenvalue weighted by molar-refractivity contribution is -0.139. The molecular weight excluding hydrogens is 236 g/mol. The van der Waals surface area contributed by atoms with Gasteiger partial charge < -0.3 is 10.2 Å². The molecule has 0 aromatic rings. The minimum atomic E-state index is 0. The molecule has 0 saturated carbocycles. The molecule has 0 spiro atoms. The normalized spacial score (nSPS) is 22.2. The van der Waals surface area contributed by atoms with Crippen molar-refractivity contribution in [2.75, 3.05) is 20.1 Å². The van der Waals surface area contributed by atoms with Crippen molar-refractivity contribution in [3.63, 3.8) is 0 Å². The maximum absolute atomic E-state index is 12.3. The topological polar surface area (TPSA) is 32.3 Å². The first kappa shape index (κ1) is 16.7. The number of hydrogen-bond acceptors (Lipinski definition) is 2. The largest absolute Gasteiger partial charge is 0.339 e. The molecule has 0 aromatic carbocycles. The molecule has 2 atom stereocenters. The van der Waals surface area contributed by atoms with Crippen LogP contribution in [0.25, 0.3) is 0 Å². The molecule has 4 heteroatoms. The van der Waals surface area contributed by atoms with Crippen LogP contribution in [0.1, 0.15) is 40.0 Å². The summed E-state index contributed by atoms with van der Waals surface area (Å²) < 4.78 is 0. The number of piperidine rings is 1. The van der Waals surface area contributed by atoms with E-state index < -0.39 is 0 Å². The summed E-state index contributed by atoms with van der Waals surface area (Å²) in [6, 6.07) is 0.459. The standard InChI is InChI=1S/C13H26N2O.ClH/c1-10(2)12-7-5-6-8-15(12)13(16)11(3)9-14-4;/h10-12,14H,5-9H2,1-4H3;1H. The van der Waals surface area contributed by atoms with Crippen molar-refractivity contribution < 1.29 is 4.79 Å². The van der Waals surface area contributed by atoms with Gasteiger partial charge in [-0.1, -0.05) is 20.8 Å². The number of carbonyl (C=O) groups excluding carboxylic acids is 1. The van der Waals surface area contributed by atoms with Crippen LogP contribution < -0.4 is 5.32 Å². The maximum atomic E-state index is 12.3. The summed E-state index contributed by atoms with van der Waals surface area (Å²) in [7, 11) is 1.90. The van der Waals surface area contributed by atoms with E-state index in [0.717, 1.165) is 13.1 Å². The Morgan fingerprint density at radius 1 is 1.35 bits per heavy atom. The van der Waals surface area contributed by atoms with E-state index in [2.05, 4.69) is 24.1 Å². The molecule has 1 amide bonds. The van der Waals surface area contributed by atoms with Crippen LogP contribution in [0, 0.1) is 11.8 Å². The quantitative estimate of drug-likeness (QED) is 0.843. The predicted molar refractivity (Wildman–Crippen MR) is 74.5 cm³/mol. The first-order valence-corrected chi connectivity index (χ1v) is 6.53. The molecule has 1 aliphatic heterocycles. The van der Waals surface area contributed by atoms with Crippen molar-refractivity contribution in [2.24, 2.45) is 11.8 Å². The smallest absolute Gasteiger partial charge is 0.226 e. The molecule has 1 fully saturated rings. The second kappa shape index (κ2) is 7.93. The third-order valence-corrected chi connectivity index (χ3v) is 3.53. The van der Waals surface area contributed by atoms with Gasteiger partial charge >= 0.3 is 0 Å². The summed E-state index contributed by atoms with van der Waals surface area (Å²) in [5.41, 5.74) is 0. The van der Waals surface area contributed by atoms with Gasteiger partial charge in [0.05, 0.1) is 0 Å². The van der Waals surface area contributed by atoms with Gasteiger partial charge in [0.1, 0.15) is 0 Å². The fourth-order valence-electron chi connectivity index (χ4n) is 2.60. The summed E-state index contributed by atoms with van der Waals surface area (Å²) in [4.78, 5) is 14.4. The molecule has 3 nitrogen and oxygen atoms in total. The SMILES string of the molecule is CNCC(C)C(=O)N1CCCCC1C(C)C.Cl. The monoisotopic (exact) mass is 262 g/mol. The molecule has 0 bridgehead atoms. The van der Waals surface area contributed by atoms with Crippen LogP contribution in [0.2, 0.25) is 0 Å². The van der Waals surface area contributed by atoms with Crippen LogP contribution in [0.5, 0.6) is 0 Å². The van der Waals surface area contributed by atoms with E-state index in [1.807, 2.05) is 14.0 Å². The van der Waals surface area contributed by atoms with Crippen molar-refractivity contribution in [3.8, 4) is 0 Å². The number of likely N-dealkylation sites (tertiary alicyclic amines) is 1. The molecule has 1 heterocycles. The molecule has 0 radical (unpaired) electrons. The number of amides is 1. The first-order valence-electron chi connectivity index (χ1n) is 6.53. The lowest BCUT2D eigenvalue weighted by Crippen LogP contribution is -2.49. The van der Waals surface area contributed by atoms with Crippen molar-refractivity contribution in [1.82, 2.24) is 10.2 Å². The van der Waals surface area contributed by atoms with Crippen molar-refractivity contribution in [3.05, 3.63) is 0 Å². The van der Waals surface area contributed by atoms with Gasteiger partial charge in [-0.05, 0) is 32.2 Å². The molecular formula is C13H27ClN2O. The fraction of sp³-hybridized carbons (Fsp3) is 0.923. The highest BCUT2D eigenvalue weighted by Gasteiger charge is 2.30. The Morgan fingerprint density at radius 3 is 2.53 bits per heavy atom. The molecule has 0 aliphatic carbocycles. The highest BCUT2D eigenvalue weighted by molar-refractivity contribution is 5.85. The predicted octanol–water partition coefficient (Wildman–Crippen LogP) is 2.30. The molecule has 1 N–H and O–H groups in total. The zero-order valence-corrected chi connectivity index (χ0v) is 12.3. The Labute approximate surface area is 112 Å². The van der Waals surface area contributed by atoms with Crippen LogP contribution in [0.3, 0.4) is 0 Å². The average Bonchev–Trinajstić information content (AvgIpc) is 2.28. The second-order valence-corrected chi connectivity index (χ2v) is 5.30. The second-order valence-electron chi connectivity index (χ2n) is 5.30. The van der Waals surface area contributed by atoms with Crippen molar-refractivity contribution in [2.45, 2.75) is 46.1 Å². The number of nitrogens with zero attached hydrogens (tertiary/aromatic N) is 1. The highest BCUT2D eigenvalue weighted by Crippen LogP contribution is 2.24. The number of hydrogen-bond donors (Lipinski definition) is 1. The summed E-state index contributed by atoms with van der Waals surface area (Å²) in [6.45, 7) is 8.19. The Morgan fingerprint density at radius 2 is 2.00 bits per heavy atom. The van der Waals surface area contributed by atoms with E-state index in [1.165, 1.54) is 19.3 Å². The summed E-state index contributed by atoms with van der Waals surface area (Å²) >= 11 is 0. The Hall–Kier alpha value is -0.280. The van der Waals surface area contributed by atoms with Crippen LogP contribution in [0.15, 0.2) is 0 Å². The lowest BCUT2D eigenvalue weighted by atomic mass is 9.91. The van der Waals surface area contributed by atoms with Crippen LogP contribution in [-0.2, 0) is 4.79 Å². The van der Waals surface area contributed by atoms with E-state index in [-0.39, 0.29) is 18.3 Å². The number of carbonyl (C=O) groups is 1. The van der Waals surface area contributed by atoms with Gasteiger partial charge in [-0.2, -0.15) is 0 Å². The molecule has 0 aromatic heterocycles. The molecule has 1 rings (SSSR count). The molecule has 102 valence electrons. The number of rotatable bonds is 4. The van der Waals surface area contributed by atoms with E-state index in [0.29, 0.717) is 17.9 Å². The van der Waals surface area contributed by atoms with Gasteiger partial charge in [0.15, 0.2) is 0 Å². The zero-order valence-electron chi connectivity index (χ0n) is 11.5. The van der Waals surface area contributed by atoms with Gasteiger partial charge in [0, 0.05) is 25.0 Å². The maximum Gasteiger partial charge on any atom is 0.226 e. The van der Waals surface area contributed by atoms with Gasteiger partial charge in [-0.25, -0.2) is 0 Å². The van der Waals surface area contributed by atoms with E-state index in [4.69, 9.17) is 0 Å². The lowest BCUT2D eigenvalue weighted by Gasteiger charge is -2.39. The number of nitrogens with one attached hydrogen (secondary N) is 1. The summed E-state index contributed by atoms with van der Waals surface area (Å²) in [6.07, 6.45) is 3.62. The summed E-state index contributed by atoms with van der Waals surface area (Å²) in [5, 5.41) is 3.08. The zero-order chi connectivity index (χ0) is 12.1. The van der Waals surface area contributed by atoms with Gasteiger partial charge in [-0.3, -0.25) is 4.79 Å². The van der Waals surface area contributed by atoms with Crippen LogP contribution in [0.4, 0.5) is 0 Å². The molecule has 1 saturated heterocycles. The molecule has 1 aliphatic rings. The van der Waals surface area contributed by atoms with E-state index in [1.54, 1.807) is 0 Å². The summed E-state index contributed by atoms with van der Waals surface area (Å²) in [5.74, 6) is 1.00. The fourth-order valence-corrected chi connectivity index (χ4v) is 2.60. The van der Waals surface area contributed by atoms with Gasteiger partial charge in [-0.15, -0.1) is 12.4 Å². The van der Waals surface area contributed by atoms with E-state index in [9.17, 15) is 4.79 Å². The van der Waals surface area contributed by atoms with Crippen molar-refractivity contribution in [1.29, 1.82) is 0 Å². The Kier molecular flexibility index (Phi) is 7.80. The van der Waals surface area contributed by atoms with E-state index >= 15 is 0 Å². The van der Waals surface area contributed by atoms with Crippen LogP contribution in [-0.4, -0.2) is 37.0 Å². The number of halogens is 1. The van der Waals surface area contributed by atoms with Crippen molar-refractivity contribution >= 4 is 18.3 Å². The average molecular weight is 263 g/mol. The molecule has 17 heavy (non-hydrogen) atoms. The first-order chi connectivity index (χ1) is 7.57. The van der Waals surface area contributed by atoms with Gasteiger partial charge in [0.25, 0.3) is 0 Å². The highest BCUT2D eigenvalue weighted by atomic mass is 35.5.